The standard InChI is InChI=1S/C31H41FN8O3/c1-20-14-25-24(16-33-36-25)28(21(20)2)40-8-7-23-26(17-40)34-30(43-18-22-15-31(3,32)19-37(22)4)35-29(23)39-11-9-38(10-12-39)27(42)6-5-13-41/h5-6,14,16,22,41H,7-13,15,17-19H2,1-4H3,(H,33,36)/b6-5+/t22-,31?/m0/s1. The summed E-state index contributed by atoms with van der Waals surface area (Å²) in [7, 11) is 1.92. The maximum absolute atomic E-state index is 14.7. The molecule has 11 nitrogen and oxygen atoms in total. The fourth-order valence-electron chi connectivity index (χ4n) is 6.74. The predicted octanol–water partition coefficient (Wildman–Crippen LogP) is 2.54. The number of hydrogen-bond acceptors (Lipinski definition) is 9. The van der Waals surface area contributed by atoms with Crippen molar-refractivity contribution in [3.8, 4) is 6.01 Å². The largest absolute Gasteiger partial charge is 0.462 e. The molecule has 5 heterocycles. The summed E-state index contributed by atoms with van der Waals surface area (Å²) in [6, 6.07) is 2.38. The van der Waals surface area contributed by atoms with E-state index in [1.807, 2.05) is 18.1 Å². The van der Waals surface area contributed by atoms with E-state index >= 15 is 0 Å². The van der Waals surface area contributed by atoms with Crippen molar-refractivity contribution in [3.05, 3.63) is 46.8 Å². The van der Waals surface area contributed by atoms with E-state index in [0.717, 1.165) is 46.6 Å². The number of fused-ring (bicyclic) bond motifs is 2. The number of piperazine rings is 1. The number of aryl methyl sites for hydroxylation is 1. The number of halogens is 1. The number of aromatic nitrogens is 4. The number of rotatable bonds is 7. The molecule has 43 heavy (non-hydrogen) atoms. The van der Waals surface area contributed by atoms with Crippen LogP contribution in [0.4, 0.5) is 15.9 Å². The molecule has 0 spiro atoms. The van der Waals surface area contributed by atoms with E-state index in [1.165, 1.54) is 23.3 Å². The van der Waals surface area contributed by atoms with Gasteiger partial charge in [0.1, 0.15) is 18.1 Å². The molecule has 12 heteroatoms. The number of likely N-dealkylation sites (tertiary alicyclic amines) is 1. The summed E-state index contributed by atoms with van der Waals surface area (Å²) in [6.45, 7) is 10.2. The highest BCUT2D eigenvalue weighted by Crippen LogP contribution is 2.37. The van der Waals surface area contributed by atoms with Gasteiger partial charge in [-0.05, 0) is 51.4 Å². The minimum Gasteiger partial charge on any atom is -0.462 e. The van der Waals surface area contributed by atoms with Gasteiger partial charge < -0.3 is 24.5 Å². The van der Waals surface area contributed by atoms with E-state index in [1.54, 1.807) is 11.8 Å². The Bertz CT molecular complexity index is 1530. The molecular formula is C31H41FN8O3. The van der Waals surface area contributed by atoms with Crippen molar-refractivity contribution < 1.29 is 19.0 Å². The number of nitrogens with one attached hydrogen (secondary N) is 1. The molecule has 2 saturated heterocycles. The first-order valence-electron chi connectivity index (χ1n) is 15.0. The maximum atomic E-state index is 14.7. The monoisotopic (exact) mass is 592 g/mol. The van der Waals surface area contributed by atoms with Crippen LogP contribution in [0.25, 0.3) is 10.9 Å². The molecule has 1 aromatic carbocycles. The quantitative estimate of drug-likeness (QED) is 0.400. The highest BCUT2D eigenvalue weighted by atomic mass is 19.1. The SMILES string of the molecule is Cc1cc2[nH]ncc2c(N2CCc3c(nc(OC[C@@H]4CC(C)(F)CN4C)nc3N3CCN(C(=O)/C=C/CO)CC3)C2)c1C. The van der Waals surface area contributed by atoms with Gasteiger partial charge in [-0.1, -0.05) is 6.08 Å². The van der Waals surface area contributed by atoms with Gasteiger partial charge in [0.25, 0.3) is 0 Å². The number of hydrogen-bond donors (Lipinski definition) is 2. The van der Waals surface area contributed by atoms with Crippen LogP contribution in [0.3, 0.4) is 0 Å². The zero-order valence-corrected chi connectivity index (χ0v) is 25.4. The molecule has 2 atom stereocenters. The molecule has 3 aliphatic rings. The Labute approximate surface area is 251 Å². The Morgan fingerprint density at radius 2 is 2.00 bits per heavy atom. The average Bonchev–Trinajstić information content (AvgIpc) is 3.56. The molecule has 1 amide bonds. The van der Waals surface area contributed by atoms with Crippen molar-refractivity contribution >= 4 is 28.3 Å². The summed E-state index contributed by atoms with van der Waals surface area (Å²) in [5.41, 5.74) is 5.38. The summed E-state index contributed by atoms with van der Waals surface area (Å²) in [5.74, 6) is 0.750. The van der Waals surface area contributed by atoms with Crippen LogP contribution in [-0.2, 0) is 17.8 Å². The van der Waals surface area contributed by atoms with Crippen molar-refractivity contribution in [2.75, 3.05) is 69.3 Å². The van der Waals surface area contributed by atoms with E-state index in [4.69, 9.17) is 19.8 Å². The lowest BCUT2D eigenvalue weighted by Crippen LogP contribution is -2.49. The molecule has 0 aliphatic carbocycles. The van der Waals surface area contributed by atoms with Gasteiger partial charge in [-0.2, -0.15) is 15.1 Å². The first-order chi connectivity index (χ1) is 20.6. The highest BCUT2D eigenvalue weighted by Gasteiger charge is 2.39. The number of nitrogens with zero attached hydrogens (tertiary/aromatic N) is 7. The number of aliphatic hydroxyl groups excluding tert-OH is 1. The van der Waals surface area contributed by atoms with Crippen molar-refractivity contribution in [1.82, 2.24) is 30.0 Å². The predicted molar refractivity (Wildman–Crippen MR) is 163 cm³/mol. The van der Waals surface area contributed by atoms with Gasteiger partial charge in [0.2, 0.25) is 5.91 Å². The van der Waals surface area contributed by atoms with Crippen LogP contribution in [0.5, 0.6) is 6.01 Å². The average molecular weight is 593 g/mol. The molecule has 3 aromatic rings. The van der Waals surface area contributed by atoms with Gasteiger partial charge in [0.05, 0.1) is 36.2 Å². The van der Waals surface area contributed by atoms with Gasteiger partial charge in [0.15, 0.2) is 0 Å². The second-order valence-electron chi connectivity index (χ2n) is 12.3. The fraction of sp³-hybridized carbons (Fsp3) is 0.548. The zero-order chi connectivity index (χ0) is 30.3. The van der Waals surface area contributed by atoms with Crippen molar-refractivity contribution in [2.45, 2.75) is 51.9 Å². The molecule has 3 aliphatic heterocycles. The number of carbonyl (C=O) groups is 1. The van der Waals surface area contributed by atoms with E-state index in [2.05, 4.69) is 39.9 Å². The van der Waals surface area contributed by atoms with Crippen LogP contribution < -0.4 is 14.5 Å². The normalized spacial score (nSPS) is 23.0. The topological polar surface area (TPSA) is 114 Å². The second kappa shape index (κ2) is 11.7. The molecule has 1 unspecified atom stereocenters. The van der Waals surface area contributed by atoms with E-state index in [-0.39, 0.29) is 18.6 Å². The smallest absolute Gasteiger partial charge is 0.318 e. The third kappa shape index (κ3) is 5.90. The Morgan fingerprint density at radius 3 is 2.72 bits per heavy atom. The number of aliphatic hydroxyl groups is 1. The van der Waals surface area contributed by atoms with E-state index < -0.39 is 5.67 Å². The number of benzene rings is 1. The molecule has 230 valence electrons. The van der Waals surface area contributed by atoms with Crippen LogP contribution >= 0.6 is 0 Å². The van der Waals surface area contributed by atoms with E-state index in [9.17, 15) is 9.18 Å². The number of H-pyrrole nitrogens is 1. The van der Waals surface area contributed by atoms with Gasteiger partial charge in [-0.15, -0.1) is 0 Å². The summed E-state index contributed by atoms with van der Waals surface area (Å²) in [4.78, 5) is 30.7. The Hall–Kier alpha value is -3.77. The number of aromatic amines is 1. The molecule has 2 aromatic heterocycles. The maximum Gasteiger partial charge on any atom is 0.318 e. The first kappa shape index (κ1) is 29.3. The van der Waals surface area contributed by atoms with Crippen molar-refractivity contribution in [2.24, 2.45) is 0 Å². The van der Waals surface area contributed by atoms with E-state index in [0.29, 0.717) is 58.3 Å². The van der Waals surface area contributed by atoms with Gasteiger partial charge in [0, 0.05) is 68.8 Å². The summed E-state index contributed by atoms with van der Waals surface area (Å²) < 4.78 is 20.9. The molecule has 0 saturated carbocycles. The van der Waals surface area contributed by atoms with Crippen LogP contribution in [0.1, 0.15) is 35.7 Å². The van der Waals surface area contributed by atoms with Gasteiger partial charge in [-0.3, -0.25) is 14.8 Å². The molecule has 6 rings (SSSR count). The number of anilines is 2. The molecule has 2 fully saturated rings. The number of ether oxygens (including phenoxy) is 1. The summed E-state index contributed by atoms with van der Waals surface area (Å²) in [6.07, 6.45) is 5.95. The third-order valence-corrected chi connectivity index (χ3v) is 9.10. The fourth-order valence-corrected chi connectivity index (χ4v) is 6.74. The number of likely N-dealkylation sites (N-methyl/N-ethyl adjacent to an activating group) is 1. The van der Waals surface area contributed by atoms with Crippen LogP contribution in [0.2, 0.25) is 0 Å². The Morgan fingerprint density at radius 1 is 1.21 bits per heavy atom. The first-order valence-corrected chi connectivity index (χ1v) is 15.0. The zero-order valence-electron chi connectivity index (χ0n) is 25.4. The lowest BCUT2D eigenvalue weighted by atomic mass is 9.99. The lowest BCUT2D eigenvalue weighted by molar-refractivity contribution is -0.126. The van der Waals surface area contributed by atoms with Crippen LogP contribution in [0.15, 0.2) is 24.4 Å². The van der Waals surface area contributed by atoms with Gasteiger partial charge in [-0.25, -0.2) is 4.39 Å². The molecular weight excluding hydrogens is 551 g/mol. The van der Waals surface area contributed by atoms with Gasteiger partial charge >= 0.3 is 6.01 Å². The summed E-state index contributed by atoms with van der Waals surface area (Å²) >= 11 is 0. The molecule has 0 bridgehead atoms. The number of carbonyl (C=O) groups excluding carboxylic acids is 1. The minimum atomic E-state index is -1.24. The Balaban J connectivity index is 1.29. The third-order valence-electron chi connectivity index (χ3n) is 9.10. The lowest BCUT2D eigenvalue weighted by Gasteiger charge is -2.38. The van der Waals surface area contributed by atoms with Crippen LogP contribution in [0, 0.1) is 13.8 Å². The minimum absolute atomic E-state index is 0.0552. The molecule has 0 radical (unpaired) electrons. The Kier molecular flexibility index (Phi) is 7.99. The summed E-state index contributed by atoms with van der Waals surface area (Å²) in [5, 5.41) is 17.6. The number of alkyl halides is 1. The molecule has 2 N–H and O–H groups in total. The highest BCUT2D eigenvalue weighted by molar-refractivity contribution is 5.94. The van der Waals surface area contributed by atoms with Crippen molar-refractivity contribution in [1.29, 1.82) is 0 Å². The van der Waals surface area contributed by atoms with Crippen LogP contribution in [-0.4, -0.2) is 112 Å². The van der Waals surface area contributed by atoms with Crippen molar-refractivity contribution in [3.63, 3.8) is 0 Å². The number of amides is 1. The second-order valence-corrected chi connectivity index (χ2v) is 12.3.